The van der Waals surface area contributed by atoms with Crippen molar-refractivity contribution in [2.24, 2.45) is 11.7 Å². The average Bonchev–Trinajstić information content (AvgIpc) is 3.00. The Morgan fingerprint density at radius 1 is 1.60 bits per heavy atom. The number of hydrogen-bond acceptors (Lipinski definition) is 4. The van der Waals surface area contributed by atoms with Gasteiger partial charge in [-0.3, -0.25) is 9.48 Å². The first-order valence-corrected chi connectivity index (χ1v) is 7.31. The molecule has 20 heavy (non-hydrogen) atoms. The summed E-state index contributed by atoms with van der Waals surface area (Å²) in [6.07, 6.45) is 3.69. The number of hydrogen-bond donors (Lipinski definition) is 2. The third-order valence-electron chi connectivity index (χ3n) is 3.96. The van der Waals surface area contributed by atoms with Gasteiger partial charge in [0.15, 0.2) is 0 Å². The SMILES string of the molecule is Cc1c(C(=O)NCC2CCN(C)C2)cnn1CCCN. The van der Waals surface area contributed by atoms with Gasteiger partial charge in [-0.05, 0) is 45.8 Å². The highest BCUT2D eigenvalue weighted by atomic mass is 16.1. The van der Waals surface area contributed by atoms with Gasteiger partial charge in [0.2, 0.25) is 0 Å². The quantitative estimate of drug-likeness (QED) is 0.781. The minimum Gasteiger partial charge on any atom is -0.352 e. The van der Waals surface area contributed by atoms with Gasteiger partial charge in [0.05, 0.1) is 11.8 Å². The van der Waals surface area contributed by atoms with E-state index in [0.29, 0.717) is 18.0 Å². The largest absolute Gasteiger partial charge is 0.352 e. The molecule has 3 N–H and O–H groups in total. The third-order valence-corrected chi connectivity index (χ3v) is 3.96. The van der Waals surface area contributed by atoms with Gasteiger partial charge in [0, 0.05) is 25.3 Å². The van der Waals surface area contributed by atoms with Crippen LogP contribution >= 0.6 is 0 Å². The molecule has 0 aliphatic carbocycles. The number of carbonyl (C=O) groups is 1. The lowest BCUT2D eigenvalue weighted by molar-refractivity contribution is 0.0947. The van der Waals surface area contributed by atoms with Crippen molar-refractivity contribution in [3.63, 3.8) is 0 Å². The molecule has 1 fully saturated rings. The van der Waals surface area contributed by atoms with Crippen LogP contribution < -0.4 is 11.1 Å². The minimum absolute atomic E-state index is 0.0175. The first-order valence-electron chi connectivity index (χ1n) is 7.31. The lowest BCUT2D eigenvalue weighted by Crippen LogP contribution is -2.30. The maximum atomic E-state index is 12.2. The van der Waals surface area contributed by atoms with Crippen molar-refractivity contribution in [2.75, 3.05) is 33.2 Å². The van der Waals surface area contributed by atoms with Crippen LogP contribution in [0, 0.1) is 12.8 Å². The number of rotatable bonds is 6. The highest BCUT2D eigenvalue weighted by molar-refractivity contribution is 5.95. The highest BCUT2D eigenvalue weighted by Gasteiger charge is 2.21. The number of amides is 1. The number of likely N-dealkylation sites (tertiary alicyclic amines) is 1. The fourth-order valence-corrected chi connectivity index (χ4v) is 2.66. The summed E-state index contributed by atoms with van der Waals surface area (Å²) in [5.41, 5.74) is 7.09. The number of nitrogens with one attached hydrogen (secondary N) is 1. The molecule has 1 atom stereocenters. The Bertz CT molecular complexity index is 456. The van der Waals surface area contributed by atoms with E-state index >= 15 is 0 Å². The van der Waals surface area contributed by atoms with E-state index in [1.807, 2.05) is 11.6 Å². The van der Waals surface area contributed by atoms with Gasteiger partial charge in [-0.1, -0.05) is 0 Å². The zero-order valence-corrected chi connectivity index (χ0v) is 12.4. The molecule has 0 bridgehead atoms. The van der Waals surface area contributed by atoms with Crippen molar-refractivity contribution in [3.8, 4) is 0 Å². The molecule has 1 amide bonds. The van der Waals surface area contributed by atoms with Gasteiger partial charge >= 0.3 is 0 Å². The first kappa shape index (κ1) is 15.0. The Kier molecular flexibility index (Phi) is 5.14. The van der Waals surface area contributed by atoms with E-state index in [4.69, 9.17) is 5.73 Å². The van der Waals surface area contributed by atoms with Crippen LogP contribution in [-0.2, 0) is 6.54 Å². The molecule has 1 unspecified atom stereocenters. The summed E-state index contributed by atoms with van der Waals surface area (Å²) in [5, 5.41) is 7.29. The van der Waals surface area contributed by atoms with Crippen LogP contribution in [-0.4, -0.2) is 53.8 Å². The van der Waals surface area contributed by atoms with E-state index in [-0.39, 0.29) is 5.91 Å². The summed E-state index contributed by atoms with van der Waals surface area (Å²) in [4.78, 5) is 14.5. The maximum Gasteiger partial charge on any atom is 0.254 e. The Morgan fingerprint density at radius 3 is 3.05 bits per heavy atom. The van der Waals surface area contributed by atoms with Crippen LogP contribution in [0.15, 0.2) is 6.20 Å². The molecule has 1 aliphatic rings. The van der Waals surface area contributed by atoms with Gasteiger partial charge in [-0.15, -0.1) is 0 Å². The summed E-state index contributed by atoms with van der Waals surface area (Å²) in [5.74, 6) is 0.549. The smallest absolute Gasteiger partial charge is 0.254 e. The maximum absolute atomic E-state index is 12.2. The molecule has 1 aliphatic heterocycles. The molecule has 1 aromatic heterocycles. The topological polar surface area (TPSA) is 76.2 Å². The Hall–Kier alpha value is -1.40. The highest BCUT2D eigenvalue weighted by Crippen LogP contribution is 2.13. The van der Waals surface area contributed by atoms with E-state index in [1.54, 1.807) is 6.20 Å². The molecule has 2 rings (SSSR count). The lowest BCUT2D eigenvalue weighted by atomic mass is 10.1. The van der Waals surface area contributed by atoms with E-state index in [0.717, 1.165) is 44.7 Å². The second-order valence-corrected chi connectivity index (χ2v) is 5.64. The number of aromatic nitrogens is 2. The van der Waals surface area contributed by atoms with E-state index in [2.05, 4.69) is 22.4 Å². The molecular formula is C14H25N5O. The van der Waals surface area contributed by atoms with Gasteiger partial charge in [-0.25, -0.2) is 0 Å². The molecule has 0 radical (unpaired) electrons. The molecule has 0 spiro atoms. The van der Waals surface area contributed by atoms with Crippen molar-refractivity contribution in [1.82, 2.24) is 20.0 Å². The van der Waals surface area contributed by atoms with E-state index < -0.39 is 0 Å². The zero-order chi connectivity index (χ0) is 14.5. The standard InChI is InChI=1S/C14H25N5O/c1-11-13(9-17-19(11)6-3-5-15)14(20)16-8-12-4-7-18(2)10-12/h9,12H,3-8,10,15H2,1-2H3,(H,16,20). The predicted molar refractivity (Wildman–Crippen MR) is 78.6 cm³/mol. The summed E-state index contributed by atoms with van der Waals surface area (Å²) in [6, 6.07) is 0. The van der Waals surface area contributed by atoms with E-state index in [9.17, 15) is 4.79 Å². The third kappa shape index (κ3) is 3.58. The zero-order valence-electron chi connectivity index (χ0n) is 12.4. The van der Waals surface area contributed by atoms with E-state index in [1.165, 1.54) is 0 Å². The number of nitrogens with two attached hydrogens (primary N) is 1. The van der Waals surface area contributed by atoms with Crippen LogP contribution in [0.1, 0.15) is 28.9 Å². The second-order valence-electron chi connectivity index (χ2n) is 5.64. The second kappa shape index (κ2) is 6.85. The van der Waals surface area contributed by atoms with Crippen molar-refractivity contribution in [1.29, 1.82) is 0 Å². The van der Waals surface area contributed by atoms with Gasteiger partial charge in [-0.2, -0.15) is 5.10 Å². The van der Waals surface area contributed by atoms with Gasteiger partial charge in [0.25, 0.3) is 5.91 Å². The summed E-state index contributed by atoms with van der Waals surface area (Å²) < 4.78 is 1.85. The Labute approximate surface area is 120 Å². The number of aryl methyl sites for hydroxylation is 1. The van der Waals surface area contributed by atoms with Crippen LogP contribution in [0.5, 0.6) is 0 Å². The predicted octanol–water partition coefficient (Wildman–Crippen LogP) is 0.222. The minimum atomic E-state index is -0.0175. The van der Waals surface area contributed by atoms with Crippen LogP contribution in [0.2, 0.25) is 0 Å². The molecule has 0 saturated carbocycles. The number of nitrogens with zero attached hydrogens (tertiary/aromatic N) is 3. The van der Waals surface area contributed by atoms with Crippen molar-refractivity contribution in [3.05, 3.63) is 17.5 Å². The van der Waals surface area contributed by atoms with Crippen LogP contribution in [0.4, 0.5) is 0 Å². The number of carbonyl (C=O) groups excluding carboxylic acids is 1. The molecule has 1 saturated heterocycles. The molecule has 6 heteroatoms. The molecule has 0 aromatic carbocycles. The fraction of sp³-hybridized carbons (Fsp3) is 0.714. The van der Waals surface area contributed by atoms with Crippen LogP contribution in [0.3, 0.4) is 0 Å². The molecule has 2 heterocycles. The monoisotopic (exact) mass is 279 g/mol. The fourth-order valence-electron chi connectivity index (χ4n) is 2.66. The molecule has 112 valence electrons. The Morgan fingerprint density at radius 2 is 2.40 bits per heavy atom. The van der Waals surface area contributed by atoms with Crippen LogP contribution in [0.25, 0.3) is 0 Å². The van der Waals surface area contributed by atoms with Crippen molar-refractivity contribution < 1.29 is 4.79 Å². The molecular weight excluding hydrogens is 254 g/mol. The molecule has 1 aromatic rings. The van der Waals surface area contributed by atoms with Gasteiger partial charge in [0.1, 0.15) is 0 Å². The van der Waals surface area contributed by atoms with Crippen molar-refractivity contribution >= 4 is 5.91 Å². The summed E-state index contributed by atoms with van der Waals surface area (Å²) >= 11 is 0. The summed E-state index contributed by atoms with van der Waals surface area (Å²) in [6.45, 7) is 6.27. The van der Waals surface area contributed by atoms with Gasteiger partial charge < -0.3 is 16.0 Å². The summed E-state index contributed by atoms with van der Waals surface area (Å²) in [7, 11) is 2.12. The average molecular weight is 279 g/mol. The first-order chi connectivity index (χ1) is 9.61. The van der Waals surface area contributed by atoms with Crippen molar-refractivity contribution in [2.45, 2.75) is 26.3 Å². The lowest BCUT2D eigenvalue weighted by Gasteiger charge is -2.11. The Balaban J connectivity index is 1.87. The molecule has 6 nitrogen and oxygen atoms in total. The normalized spacial score (nSPS) is 19.4.